The first-order chi connectivity index (χ1) is 9.43. The Labute approximate surface area is 121 Å². The number of hydrogen-bond acceptors (Lipinski definition) is 3. The second-order valence-electron chi connectivity index (χ2n) is 6.96. The summed E-state index contributed by atoms with van der Waals surface area (Å²) in [5, 5.41) is 0. The molecule has 1 aromatic carbocycles. The minimum atomic E-state index is 0.267. The quantitative estimate of drug-likeness (QED) is 0.782. The molecule has 2 heterocycles. The number of oxazole rings is 1. The van der Waals surface area contributed by atoms with E-state index in [0.717, 1.165) is 42.9 Å². The van der Waals surface area contributed by atoms with E-state index in [0.29, 0.717) is 5.92 Å². The van der Waals surface area contributed by atoms with Crippen LogP contribution in [0, 0.1) is 6.92 Å². The Morgan fingerprint density at radius 1 is 1.20 bits per heavy atom. The second kappa shape index (κ2) is 4.88. The van der Waals surface area contributed by atoms with Gasteiger partial charge in [-0.25, -0.2) is 4.98 Å². The standard InChI is InChI=1S/C17H24N2O/c1-12-5-6-15-14(11-12)18-16(20-15)13-7-9-19(10-8-13)17(2,3)4/h5-6,11,13H,7-10H2,1-4H3. The minimum Gasteiger partial charge on any atom is -0.440 e. The van der Waals surface area contributed by atoms with Gasteiger partial charge in [-0.2, -0.15) is 0 Å². The maximum Gasteiger partial charge on any atom is 0.198 e. The van der Waals surface area contributed by atoms with Crippen molar-refractivity contribution in [3.05, 3.63) is 29.7 Å². The van der Waals surface area contributed by atoms with E-state index in [2.05, 4.69) is 44.7 Å². The van der Waals surface area contributed by atoms with Crippen LogP contribution >= 0.6 is 0 Å². The highest BCUT2D eigenvalue weighted by Gasteiger charge is 2.29. The Hall–Kier alpha value is -1.35. The Balaban J connectivity index is 1.76. The SMILES string of the molecule is Cc1ccc2oc(C3CCN(C(C)(C)C)CC3)nc2c1. The maximum atomic E-state index is 5.95. The molecule has 0 unspecified atom stereocenters. The summed E-state index contributed by atoms with van der Waals surface area (Å²) < 4.78 is 5.95. The third-order valence-electron chi connectivity index (χ3n) is 4.35. The monoisotopic (exact) mass is 272 g/mol. The normalized spacial score (nSPS) is 18.8. The molecule has 0 radical (unpaired) electrons. The van der Waals surface area contributed by atoms with Gasteiger partial charge in [0.15, 0.2) is 11.5 Å². The van der Waals surface area contributed by atoms with Gasteiger partial charge in [-0.3, -0.25) is 4.90 Å². The molecule has 0 N–H and O–H groups in total. The summed E-state index contributed by atoms with van der Waals surface area (Å²) in [7, 11) is 0. The first-order valence-electron chi connectivity index (χ1n) is 7.55. The summed E-state index contributed by atoms with van der Waals surface area (Å²) in [6, 6.07) is 6.22. The van der Waals surface area contributed by atoms with Gasteiger partial charge in [-0.15, -0.1) is 0 Å². The average molecular weight is 272 g/mol. The van der Waals surface area contributed by atoms with Gasteiger partial charge in [0.1, 0.15) is 5.52 Å². The number of benzene rings is 1. The minimum absolute atomic E-state index is 0.267. The number of likely N-dealkylation sites (tertiary alicyclic amines) is 1. The third kappa shape index (κ3) is 2.59. The lowest BCUT2D eigenvalue weighted by atomic mass is 9.93. The van der Waals surface area contributed by atoms with Crippen molar-refractivity contribution in [2.24, 2.45) is 0 Å². The Morgan fingerprint density at radius 2 is 1.90 bits per heavy atom. The zero-order valence-electron chi connectivity index (χ0n) is 12.9. The van der Waals surface area contributed by atoms with Crippen LogP contribution in [-0.4, -0.2) is 28.5 Å². The highest BCUT2D eigenvalue weighted by molar-refractivity contribution is 5.73. The number of aryl methyl sites for hydroxylation is 1. The van der Waals surface area contributed by atoms with Crippen LogP contribution in [0.2, 0.25) is 0 Å². The number of piperidine rings is 1. The van der Waals surface area contributed by atoms with Gasteiger partial charge in [0.25, 0.3) is 0 Å². The smallest absolute Gasteiger partial charge is 0.198 e. The van der Waals surface area contributed by atoms with Gasteiger partial charge in [0, 0.05) is 11.5 Å². The zero-order chi connectivity index (χ0) is 14.3. The number of hydrogen-bond donors (Lipinski definition) is 0. The van der Waals surface area contributed by atoms with E-state index >= 15 is 0 Å². The molecular weight excluding hydrogens is 248 g/mol. The molecule has 108 valence electrons. The number of rotatable bonds is 1. The van der Waals surface area contributed by atoms with Gasteiger partial charge >= 0.3 is 0 Å². The lowest BCUT2D eigenvalue weighted by molar-refractivity contribution is 0.0978. The largest absolute Gasteiger partial charge is 0.440 e. The van der Waals surface area contributed by atoms with E-state index < -0.39 is 0 Å². The van der Waals surface area contributed by atoms with Crippen molar-refractivity contribution in [1.29, 1.82) is 0 Å². The van der Waals surface area contributed by atoms with Crippen molar-refractivity contribution in [1.82, 2.24) is 9.88 Å². The van der Waals surface area contributed by atoms with Gasteiger partial charge < -0.3 is 4.42 Å². The highest BCUT2D eigenvalue weighted by atomic mass is 16.3. The van der Waals surface area contributed by atoms with E-state index in [4.69, 9.17) is 9.40 Å². The summed E-state index contributed by atoms with van der Waals surface area (Å²) in [5.41, 5.74) is 3.42. The Morgan fingerprint density at radius 3 is 2.55 bits per heavy atom. The first kappa shape index (κ1) is 13.6. The molecule has 3 heteroatoms. The van der Waals surface area contributed by atoms with Crippen LogP contribution in [0.15, 0.2) is 22.6 Å². The van der Waals surface area contributed by atoms with E-state index in [9.17, 15) is 0 Å². The number of nitrogens with zero attached hydrogens (tertiary/aromatic N) is 2. The molecule has 2 aromatic rings. The van der Waals surface area contributed by atoms with Crippen LogP contribution in [0.4, 0.5) is 0 Å². The summed E-state index contributed by atoms with van der Waals surface area (Å²) in [6.45, 7) is 11.2. The maximum absolute atomic E-state index is 5.95. The van der Waals surface area contributed by atoms with Crippen LogP contribution < -0.4 is 0 Å². The molecule has 1 aliphatic heterocycles. The topological polar surface area (TPSA) is 29.3 Å². The van der Waals surface area contributed by atoms with E-state index in [1.807, 2.05) is 6.07 Å². The summed E-state index contributed by atoms with van der Waals surface area (Å²) in [4.78, 5) is 7.25. The molecule has 0 aliphatic carbocycles. The molecule has 1 aliphatic rings. The molecule has 0 spiro atoms. The van der Waals surface area contributed by atoms with Crippen molar-refractivity contribution >= 4 is 11.1 Å². The summed E-state index contributed by atoms with van der Waals surface area (Å²) in [5.74, 6) is 1.40. The van der Waals surface area contributed by atoms with Gasteiger partial charge in [0.05, 0.1) is 0 Å². The fourth-order valence-corrected chi connectivity index (χ4v) is 3.03. The fourth-order valence-electron chi connectivity index (χ4n) is 3.03. The van der Waals surface area contributed by atoms with Crippen molar-refractivity contribution < 1.29 is 4.42 Å². The Kier molecular flexibility index (Phi) is 3.33. The van der Waals surface area contributed by atoms with Crippen LogP contribution in [0.25, 0.3) is 11.1 Å². The van der Waals surface area contributed by atoms with Crippen molar-refractivity contribution in [3.8, 4) is 0 Å². The lowest BCUT2D eigenvalue weighted by Gasteiger charge is -2.40. The molecule has 3 rings (SSSR count). The predicted octanol–water partition coefficient (Wildman–Crippen LogP) is 4.11. The second-order valence-corrected chi connectivity index (χ2v) is 6.96. The molecular formula is C17H24N2O. The predicted molar refractivity (Wildman–Crippen MR) is 82.0 cm³/mol. The van der Waals surface area contributed by atoms with Crippen LogP contribution in [0.3, 0.4) is 0 Å². The van der Waals surface area contributed by atoms with E-state index in [1.165, 1.54) is 5.56 Å². The molecule has 0 saturated carbocycles. The van der Waals surface area contributed by atoms with Crippen molar-refractivity contribution in [2.75, 3.05) is 13.1 Å². The van der Waals surface area contributed by atoms with E-state index in [-0.39, 0.29) is 5.54 Å². The van der Waals surface area contributed by atoms with Crippen molar-refractivity contribution in [3.63, 3.8) is 0 Å². The summed E-state index contributed by atoms with van der Waals surface area (Å²) in [6.07, 6.45) is 2.28. The summed E-state index contributed by atoms with van der Waals surface area (Å²) >= 11 is 0. The molecule has 1 fully saturated rings. The molecule has 0 atom stereocenters. The molecule has 20 heavy (non-hydrogen) atoms. The zero-order valence-corrected chi connectivity index (χ0v) is 12.9. The number of aromatic nitrogens is 1. The molecule has 0 bridgehead atoms. The average Bonchev–Trinajstić information content (AvgIpc) is 2.80. The highest BCUT2D eigenvalue weighted by Crippen LogP contribution is 2.32. The van der Waals surface area contributed by atoms with Gasteiger partial charge in [0.2, 0.25) is 0 Å². The van der Waals surface area contributed by atoms with E-state index in [1.54, 1.807) is 0 Å². The van der Waals surface area contributed by atoms with Gasteiger partial charge in [-0.1, -0.05) is 6.07 Å². The third-order valence-corrected chi connectivity index (χ3v) is 4.35. The van der Waals surface area contributed by atoms with Gasteiger partial charge in [-0.05, 0) is 71.3 Å². The molecule has 0 amide bonds. The Bertz CT molecular complexity index is 601. The molecule has 1 saturated heterocycles. The van der Waals surface area contributed by atoms with Crippen molar-refractivity contribution in [2.45, 2.75) is 52.0 Å². The lowest BCUT2D eigenvalue weighted by Crippen LogP contribution is -2.45. The molecule has 1 aromatic heterocycles. The first-order valence-corrected chi connectivity index (χ1v) is 7.55. The number of fused-ring (bicyclic) bond motifs is 1. The fraction of sp³-hybridized carbons (Fsp3) is 0.588. The van der Waals surface area contributed by atoms with Crippen LogP contribution in [0.1, 0.15) is 51.0 Å². The van der Waals surface area contributed by atoms with Crippen LogP contribution in [0.5, 0.6) is 0 Å². The molecule has 3 nitrogen and oxygen atoms in total. The van der Waals surface area contributed by atoms with Crippen LogP contribution in [-0.2, 0) is 0 Å².